The highest BCUT2D eigenvalue weighted by Gasteiger charge is 2.15. The van der Waals surface area contributed by atoms with Gasteiger partial charge in [-0.2, -0.15) is 4.99 Å². The molecule has 0 radical (unpaired) electrons. The Bertz CT molecular complexity index is 1040. The minimum absolute atomic E-state index is 0.119. The third-order valence-corrected chi connectivity index (χ3v) is 4.18. The highest BCUT2D eigenvalue weighted by molar-refractivity contribution is 6.11. The summed E-state index contributed by atoms with van der Waals surface area (Å²) in [7, 11) is 0. The first kappa shape index (κ1) is 19.3. The van der Waals surface area contributed by atoms with Gasteiger partial charge in [-0.25, -0.2) is 4.98 Å². The summed E-state index contributed by atoms with van der Waals surface area (Å²) in [5.41, 5.74) is 14.4. The molecule has 4 N–H and O–H groups in total. The molecule has 144 valence electrons. The van der Waals surface area contributed by atoms with E-state index < -0.39 is 5.91 Å². The Morgan fingerprint density at radius 3 is 2.64 bits per heavy atom. The molecule has 0 saturated heterocycles. The summed E-state index contributed by atoms with van der Waals surface area (Å²) >= 11 is 0. The molecule has 7 heteroatoms. The molecule has 0 bridgehead atoms. The lowest BCUT2D eigenvalue weighted by molar-refractivity contribution is 0.0225. The van der Waals surface area contributed by atoms with Crippen LogP contribution >= 0.6 is 0 Å². The van der Waals surface area contributed by atoms with Crippen LogP contribution in [0.1, 0.15) is 22.8 Å². The van der Waals surface area contributed by atoms with E-state index in [2.05, 4.69) is 4.99 Å². The van der Waals surface area contributed by atoms with Gasteiger partial charge in [-0.3, -0.25) is 4.79 Å². The van der Waals surface area contributed by atoms with Gasteiger partial charge < -0.3 is 20.9 Å². The van der Waals surface area contributed by atoms with Crippen molar-refractivity contribution in [3.63, 3.8) is 0 Å². The summed E-state index contributed by atoms with van der Waals surface area (Å²) in [6.45, 7) is 4.53. The third kappa shape index (κ3) is 4.27. The van der Waals surface area contributed by atoms with Gasteiger partial charge in [0.2, 0.25) is 0 Å². The quantitative estimate of drug-likeness (QED) is 0.295. The number of aromatic nitrogens is 1. The second-order valence-electron chi connectivity index (χ2n) is 6.15. The number of ether oxygens (including phenoxy) is 2. The molecule has 0 saturated carbocycles. The van der Waals surface area contributed by atoms with Gasteiger partial charge in [0, 0.05) is 17.6 Å². The Hall–Kier alpha value is -3.45. The number of carbonyl (C=O) groups is 1. The highest BCUT2D eigenvalue weighted by Crippen LogP contribution is 2.29. The Morgan fingerprint density at radius 1 is 1.14 bits per heavy atom. The summed E-state index contributed by atoms with van der Waals surface area (Å²) in [5.74, 6) is -0.273. The molecule has 0 spiro atoms. The van der Waals surface area contributed by atoms with Crippen molar-refractivity contribution in [1.29, 1.82) is 0 Å². The lowest BCUT2D eigenvalue weighted by Crippen LogP contribution is -2.24. The standard InChI is InChI=1S/C21H22N4O3/c1-3-27-12-28-14-8-9-18-16(10-14)17(20(26)25-21(22)23)11-19(24-18)15-7-5-4-6-13(15)2/h4-11H,3,12H2,1-2H3,(H4,22,23,25,26). The Labute approximate surface area is 163 Å². The summed E-state index contributed by atoms with van der Waals surface area (Å²) in [6.07, 6.45) is 0. The van der Waals surface area contributed by atoms with Gasteiger partial charge >= 0.3 is 0 Å². The van der Waals surface area contributed by atoms with Crippen LogP contribution < -0.4 is 16.2 Å². The molecule has 0 aliphatic heterocycles. The second kappa shape index (κ2) is 8.49. The predicted octanol–water partition coefficient (Wildman–Crippen LogP) is 3.00. The molecule has 0 aliphatic carbocycles. The number of aliphatic imine (C=N–C) groups is 1. The molecule has 0 aliphatic rings. The summed E-state index contributed by atoms with van der Waals surface area (Å²) < 4.78 is 10.8. The van der Waals surface area contributed by atoms with Crippen LogP contribution in [0.4, 0.5) is 0 Å². The van der Waals surface area contributed by atoms with Gasteiger partial charge in [0.15, 0.2) is 12.8 Å². The molecule has 0 unspecified atom stereocenters. The Balaban J connectivity index is 2.16. The van der Waals surface area contributed by atoms with Crippen molar-refractivity contribution >= 4 is 22.8 Å². The highest BCUT2D eigenvalue weighted by atomic mass is 16.7. The summed E-state index contributed by atoms with van der Waals surface area (Å²) in [5, 5.41) is 0.598. The number of hydrogen-bond donors (Lipinski definition) is 2. The number of benzene rings is 2. The molecular weight excluding hydrogens is 356 g/mol. The van der Waals surface area contributed by atoms with E-state index in [-0.39, 0.29) is 12.8 Å². The van der Waals surface area contributed by atoms with Crippen molar-refractivity contribution in [3.8, 4) is 17.0 Å². The normalized spacial score (nSPS) is 10.6. The molecule has 28 heavy (non-hydrogen) atoms. The molecule has 1 heterocycles. The van der Waals surface area contributed by atoms with Crippen molar-refractivity contribution in [1.82, 2.24) is 4.98 Å². The van der Waals surface area contributed by atoms with Crippen LogP contribution in [-0.2, 0) is 4.74 Å². The average molecular weight is 378 g/mol. The monoisotopic (exact) mass is 378 g/mol. The zero-order valence-electron chi connectivity index (χ0n) is 15.8. The summed E-state index contributed by atoms with van der Waals surface area (Å²) in [6, 6.07) is 14.8. The van der Waals surface area contributed by atoms with Gasteiger partial charge in [0.1, 0.15) is 5.75 Å². The molecule has 3 rings (SSSR count). The van der Waals surface area contributed by atoms with E-state index in [1.807, 2.05) is 38.1 Å². The number of aryl methyl sites for hydroxylation is 1. The maximum absolute atomic E-state index is 12.7. The van der Waals surface area contributed by atoms with E-state index in [9.17, 15) is 4.79 Å². The number of fused-ring (bicyclic) bond motifs is 1. The van der Waals surface area contributed by atoms with Crippen LogP contribution in [0.2, 0.25) is 0 Å². The van der Waals surface area contributed by atoms with E-state index in [0.29, 0.717) is 34.5 Å². The molecular formula is C21H22N4O3. The zero-order valence-corrected chi connectivity index (χ0v) is 15.8. The van der Waals surface area contributed by atoms with E-state index in [0.717, 1.165) is 11.1 Å². The number of hydrogen-bond acceptors (Lipinski definition) is 4. The van der Waals surface area contributed by atoms with Crippen molar-refractivity contribution in [2.75, 3.05) is 13.4 Å². The number of rotatable bonds is 6. The molecule has 1 amide bonds. The molecule has 0 atom stereocenters. The molecule has 7 nitrogen and oxygen atoms in total. The predicted molar refractivity (Wildman–Crippen MR) is 109 cm³/mol. The van der Waals surface area contributed by atoms with Crippen molar-refractivity contribution < 1.29 is 14.3 Å². The lowest BCUT2D eigenvalue weighted by Gasteiger charge is -2.12. The number of guanidine groups is 1. The van der Waals surface area contributed by atoms with Crippen LogP contribution in [0.25, 0.3) is 22.2 Å². The van der Waals surface area contributed by atoms with Gasteiger partial charge in [0.05, 0.1) is 16.8 Å². The minimum Gasteiger partial charge on any atom is -0.468 e. The number of nitrogens with zero attached hydrogens (tertiary/aromatic N) is 2. The fourth-order valence-corrected chi connectivity index (χ4v) is 2.84. The molecule has 0 fully saturated rings. The van der Waals surface area contributed by atoms with Crippen LogP contribution in [0.15, 0.2) is 53.5 Å². The Kier molecular flexibility index (Phi) is 5.86. The number of pyridine rings is 1. The largest absolute Gasteiger partial charge is 0.468 e. The maximum atomic E-state index is 12.7. The van der Waals surface area contributed by atoms with Crippen molar-refractivity contribution in [2.24, 2.45) is 16.5 Å². The molecule has 1 aromatic heterocycles. The molecule has 2 aromatic carbocycles. The van der Waals surface area contributed by atoms with Crippen LogP contribution in [-0.4, -0.2) is 30.3 Å². The lowest BCUT2D eigenvalue weighted by atomic mass is 10.0. The van der Waals surface area contributed by atoms with Crippen LogP contribution in [0.3, 0.4) is 0 Å². The topological polar surface area (TPSA) is 113 Å². The number of amides is 1. The first-order valence-electron chi connectivity index (χ1n) is 8.85. The average Bonchev–Trinajstić information content (AvgIpc) is 2.67. The number of nitrogens with two attached hydrogens (primary N) is 2. The van der Waals surface area contributed by atoms with Gasteiger partial charge in [0.25, 0.3) is 5.91 Å². The fourth-order valence-electron chi connectivity index (χ4n) is 2.84. The van der Waals surface area contributed by atoms with E-state index >= 15 is 0 Å². The van der Waals surface area contributed by atoms with E-state index in [1.165, 1.54) is 0 Å². The number of carbonyl (C=O) groups excluding carboxylic acids is 1. The van der Waals surface area contributed by atoms with Crippen LogP contribution in [0, 0.1) is 6.92 Å². The fraction of sp³-hybridized carbons (Fsp3) is 0.190. The molecule has 3 aromatic rings. The van der Waals surface area contributed by atoms with E-state index in [4.69, 9.17) is 25.9 Å². The Morgan fingerprint density at radius 2 is 1.93 bits per heavy atom. The summed E-state index contributed by atoms with van der Waals surface area (Å²) in [4.78, 5) is 21.1. The SMILES string of the molecule is CCOCOc1ccc2nc(-c3ccccc3C)cc(C(=O)N=C(N)N)c2c1. The second-order valence-corrected chi connectivity index (χ2v) is 6.15. The van der Waals surface area contributed by atoms with Gasteiger partial charge in [-0.1, -0.05) is 24.3 Å². The zero-order chi connectivity index (χ0) is 20.1. The smallest absolute Gasteiger partial charge is 0.280 e. The first-order valence-corrected chi connectivity index (χ1v) is 8.85. The maximum Gasteiger partial charge on any atom is 0.280 e. The minimum atomic E-state index is -0.538. The van der Waals surface area contributed by atoms with Crippen molar-refractivity contribution in [3.05, 3.63) is 59.7 Å². The van der Waals surface area contributed by atoms with Gasteiger partial charge in [-0.05, 0) is 43.7 Å². The van der Waals surface area contributed by atoms with Crippen molar-refractivity contribution in [2.45, 2.75) is 13.8 Å². The first-order chi connectivity index (χ1) is 13.5. The third-order valence-electron chi connectivity index (χ3n) is 4.18. The van der Waals surface area contributed by atoms with Crippen LogP contribution in [0.5, 0.6) is 5.75 Å². The van der Waals surface area contributed by atoms with Gasteiger partial charge in [-0.15, -0.1) is 0 Å². The van der Waals surface area contributed by atoms with E-state index in [1.54, 1.807) is 24.3 Å².